The molecule has 1 aliphatic carbocycles. The van der Waals surface area contributed by atoms with E-state index in [-0.39, 0.29) is 17.3 Å². The number of aliphatic hydroxyl groups excluding tert-OH is 1. The Kier molecular flexibility index (Phi) is 2.75. The van der Waals surface area contributed by atoms with E-state index in [2.05, 4.69) is 15.9 Å². The van der Waals surface area contributed by atoms with Crippen molar-refractivity contribution in [2.45, 2.75) is 24.4 Å². The third kappa shape index (κ3) is 1.64. The minimum Gasteiger partial charge on any atom is -0.481 e. The molecule has 16 heavy (non-hydrogen) atoms. The summed E-state index contributed by atoms with van der Waals surface area (Å²) < 4.78 is 13.3. The summed E-state index contributed by atoms with van der Waals surface area (Å²) in [5, 5.41) is 18.5. The standard InChI is InChI=1S/C11H10BrFO3/c12-8-3-6(1-2-9(8)13)11(10(15)16)4-7(14)5-11/h1-3,7,14H,4-5H2,(H,15,16). The van der Waals surface area contributed by atoms with Gasteiger partial charge in [-0.15, -0.1) is 0 Å². The summed E-state index contributed by atoms with van der Waals surface area (Å²) >= 11 is 3.03. The Morgan fingerprint density at radius 1 is 1.50 bits per heavy atom. The van der Waals surface area contributed by atoms with E-state index in [9.17, 15) is 19.4 Å². The van der Waals surface area contributed by atoms with Gasteiger partial charge in [0.2, 0.25) is 0 Å². The van der Waals surface area contributed by atoms with Crippen LogP contribution in [0.15, 0.2) is 22.7 Å². The SMILES string of the molecule is O=C(O)C1(c2ccc(F)c(Br)c2)CC(O)C1. The summed E-state index contributed by atoms with van der Waals surface area (Å²) in [4.78, 5) is 11.2. The van der Waals surface area contributed by atoms with Gasteiger partial charge in [-0.3, -0.25) is 4.79 Å². The average molecular weight is 289 g/mol. The second-order valence-electron chi connectivity index (χ2n) is 4.08. The number of halogens is 2. The van der Waals surface area contributed by atoms with Crippen LogP contribution in [0.4, 0.5) is 4.39 Å². The van der Waals surface area contributed by atoms with Gasteiger partial charge in [-0.2, -0.15) is 0 Å². The van der Waals surface area contributed by atoms with Crippen LogP contribution in [-0.4, -0.2) is 22.3 Å². The van der Waals surface area contributed by atoms with Crippen molar-refractivity contribution < 1.29 is 19.4 Å². The lowest BCUT2D eigenvalue weighted by Gasteiger charge is -2.42. The summed E-state index contributed by atoms with van der Waals surface area (Å²) in [6.45, 7) is 0. The minimum absolute atomic E-state index is 0.181. The molecule has 2 N–H and O–H groups in total. The first-order valence-corrected chi connectivity index (χ1v) is 5.62. The predicted octanol–water partition coefficient (Wildman–Crippen LogP) is 2.07. The van der Waals surface area contributed by atoms with E-state index in [1.165, 1.54) is 18.2 Å². The molecular weight excluding hydrogens is 279 g/mol. The van der Waals surface area contributed by atoms with Crippen LogP contribution in [0.1, 0.15) is 18.4 Å². The number of carboxylic acids is 1. The maximum Gasteiger partial charge on any atom is 0.314 e. The molecule has 0 aliphatic heterocycles. The van der Waals surface area contributed by atoms with Crippen molar-refractivity contribution in [2.24, 2.45) is 0 Å². The van der Waals surface area contributed by atoms with Crippen molar-refractivity contribution in [3.05, 3.63) is 34.1 Å². The van der Waals surface area contributed by atoms with E-state index in [1.54, 1.807) is 0 Å². The van der Waals surface area contributed by atoms with E-state index < -0.39 is 23.3 Å². The monoisotopic (exact) mass is 288 g/mol. The first-order valence-electron chi connectivity index (χ1n) is 4.83. The molecule has 0 unspecified atom stereocenters. The largest absolute Gasteiger partial charge is 0.481 e. The van der Waals surface area contributed by atoms with Gasteiger partial charge in [-0.25, -0.2) is 4.39 Å². The van der Waals surface area contributed by atoms with E-state index in [1.807, 2.05) is 0 Å². The second kappa shape index (κ2) is 3.82. The number of carbonyl (C=O) groups is 1. The van der Waals surface area contributed by atoms with Gasteiger partial charge < -0.3 is 10.2 Å². The normalized spacial score (nSPS) is 28.6. The quantitative estimate of drug-likeness (QED) is 0.876. The second-order valence-corrected chi connectivity index (χ2v) is 4.93. The van der Waals surface area contributed by atoms with Crippen LogP contribution in [-0.2, 0) is 10.2 Å². The molecule has 86 valence electrons. The van der Waals surface area contributed by atoms with E-state index in [4.69, 9.17) is 0 Å². The molecule has 0 atom stereocenters. The third-order valence-electron chi connectivity index (χ3n) is 3.05. The van der Waals surface area contributed by atoms with Crippen LogP contribution in [0.3, 0.4) is 0 Å². The minimum atomic E-state index is -1.06. The molecule has 0 radical (unpaired) electrons. The summed E-state index contributed by atoms with van der Waals surface area (Å²) in [6, 6.07) is 4.16. The molecule has 0 saturated heterocycles. The van der Waals surface area contributed by atoms with Gasteiger partial charge >= 0.3 is 5.97 Å². The molecule has 1 fully saturated rings. The fourth-order valence-corrected chi connectivity index (χ4v) is 2.45. The molecule has 0 aromatic heterocycles. The highest BCUT2D eigenvalue weighted by molar-refractivity contribution is 9.10. The van der Waals surface area contributed by atoms with Crippen LogP contribution in [0.25, 0.3) is 0 Å². The van der Waals surface area contributed by atoms with Crippen molar-refractivity contribution in [3.8, 4) is 0 Å². The lowest BCUT2D eigenvalue weighted by atomic mass is 9.63. The van der Waals surface area contributed by atoms with E-state index in [0.29, 0.717) is 5.56 Å². The molecule has 0 spiro atoms. The van der Waals surface area contributed by atoms with Gasteiger partial charge in [0.05, 0.1) is 16.0 Å². The van der Waals surface area contributed by atoms with Crippen molar-refractivity contribution >= 4 is 21.9 Å². The Morgan fingerprint density at radius 2 is 2.12 bits per heavy atom. The van der Waals surface area contributed by atoms with Gasteiger partial charge in [0.15, 0.2) is 0 Å². The zero-order chi connectivity index (χ0) is 11.9. The molecular formula is C11H10BrFO3. The Labute approximate surface area is 100 Å². The van der Waals surface area contributed by atoms with Crippen LogP contribution in [0.5, 0.6) is 0 Å². The maximum atomic E-state index is 13.0. The Morgan fingerprint density at radius 3 is 2.56 bits per heavy atom. The molecule has 1 aliphatic rings. The zero-order valence-electron chi connectivity index (χ0n) is 8.28. The molecule has 3 nitrogen and oxygen atoms in total. The predicted molar refractivity (Wildman–Crippen MR) is 58.7 cm³/mol. The smallest absolute Gasteiger partial charge is 0.314 e. The first-order chi connectivity index (χ1) is 7.45. The topological polar surface area (TPSA) is 57.5 Å². The molecule has 2 rings (SSSR count). The van der Waals surface area contributed by atoms with Crippen molar-refractivity contribution in [1.29, 1.82) is 0 Å². The highest BCUT2D eigenvalue weighted by Gasteiger charge is 2.51. The van der Waals surface area contributed by atoms with E-state index in [0.717, 1.165) is 0 Å². The van der Waals surface area contributed by atoms with Gasteiger partial charge in [-0.05, 0) is 46.5 Å². The Hall–Kier alpha value is -0.940. The van der Waals surface area contributed by atoms with Gasteiger partial charge in [0, 0.05) is 0 Å². The number of hydrogen-bond donors (Lipinski definition) is 2. The Balaban J connectivity index is 2.41. The van der Waals surface area contributed by atoms with Gasteiger partial charge in [0.1, 0.15) is 5.82 Å². The zero-order valence-corrected chi connectivity index (χ0v) is 9.87. The average Bonchev–Trinajstić information content (AvgIpc) is 2.17. The number of benzene rings is 1. The van der Waals surface area contributed by atoms with Crippen LogP contribution >= 0.6 is 15.9 Å². The molecule has 1 saturated carbocycles. The van der Waals surface area contributed by atoms with Gasteiger partial charge in [-0.1, -0.05) is 6.07 Å². The Bertz CT molecular complexity index is 441. The fraction of sp³-hybridized carbons (Fsp3) is 0.364. The lowest BCUT2D eigenvalue weighted by Crippen LogP contribution is -2.50. The number of carboxylic acid groups (broad SMARTS) is 1. The summed E-state index contributed by atoms with van der Waals surface area (Å²) in [6.07, 6.45) is -0.221. The van der Waals surface area contributed by atoms with Crippen LogP contribution in [0, 0.1) is 5.82 Å². The third-order valence-corrected chi connectivity index (χ3v) is 3.66. The number of rotatable bonds is 2. The van der Waals surface area contributed by atoms with Crippen LogP contribution < -0.4 is 0 Å². The summed E-state index contributed by atoms with van der Waals surface area (Å²) in [5.74, 6) is -1.40. The van der Waals surface area contributed by atoms with Crippen LogP contribution in [0.2, 0.25) is 0 Å². The lowest BCUT2D eigenvalue weighted by molar-refractivity contribution is -0.152. The molecule has 0 heterocycles. The molecule has 0 amide bonds. The molecule has 1 aromatic carbocycles. The number of aliphatic hydroxyl groups is 1. The summed E-state index contributed by atoms with van der Waals surface area (Å²) in [7, 11) is 0. The molecule has 1 aromatic rings. The highest BCUT2D eigenvalue weighted by atomic mass is 79.9. The van der Waals surface area contributed by atoms with Crippen molar-refractivity contribution in [2.75, 3.05) is 0 Å². The first kappa shape index (κ1) is 11.5. The number of hydrogen-bond acceptors (Lipinski definition) is 2. The highest BCUT2D eigenvalue weighted by Crippen LogP contribution is 2.44. The summed E-state index contributed by atoms with van der Waals surface area (Å²) in [5.41, 5.74) is -0.533. The van der Waals surface area contributed by atoms with Crippen molar-refractivity contribution in [3.63, 3.8) is 0 Å². The van der Waals surface area contributed by atoms with Gasteiger partial charge in [0.25, 0.3) is 0 Å². The van der Waals surface area contributed by atoms with Crippen molar-refractivity contribution in [1.82, 2.24) is 0 Å². The molecule has 0 bridgehead atoms. The van der Waals surface area contributed by atoms with E-state index >= 15 is 0 Å². The molecule has 5 heteroatoms. The fourth-order valence-electron chi connectivity index (χ4n) is 2.07. The number of aliphatic carboxylic acids is 1. The maximum absolute atomic E-state index is 13.0.